The van der Waals surface area contributed by atoms with Crippen molar-refractivity contribution in [3.8, 4) is 0 Å². The summed E-state index contributed by atoms with van der Waals surface area (Å²) in [5.74, 6) is 3.51. The summed E-state index contributed by atoms with van der Waals surface area (Å²) in [7, 11) is 0. The van der Waals surface area contributed by atoms with Gasteiger partial charge >= 0.3 is 0 Å². The highest BCUT2D eigenvalue weighted by molar-refractivity contribution is 5.86. The molecular weight excluding hydrogens is 284 g/mol. The average Bonchev–Trinajstić information content (AvgIpc) is 2.85. The molecule has 0 aromatic carbocycles. The molecule has 4 aliphatic rings. The molecule has 4 saturated carbocycles. The summed E-state index contributed by atoms with van der Waals surface area (Å²) in [4.78, 5) is 12.1. The summed E-state index contributed by atoms with van der Waals surface area (Å²) in [6.45, 7) is 8.71. The van der Waals surface area contributed by atoms with E-state index in [0.29, 0.717) is 5.41 Å². The van der Waals surface area contributed by atoms with E-state index in [1.165, 1.54) is 38.5 Å². The quantitative estimate of drug-likeness (QED) is 0.778. The molecule has 0 aliphatic heterocycles. The highest BCUT2D eigenvalue weighted by atomic mass is 16.3. The Morgan fingerprint density at radius 1 is 0.957 bits per heavy atom. The van der Waals surface area contributed by atoms with Crippen LogP contribution in [0.25, 0.3) is 0 Å². The van der Waals surface area contributed by atoms with E-state index in [4.69, 9.17) is 0 Å². The van der Waals surface area contributed by atoms with E-state index in [0.717, 1.165) is 42.9 Å². The van der Waals surface area contributed by atoms with Crippen LogP contribution in [-0.2, 0) is 4.79 Å². The van der Waals surface area contributed by atoms with Crippen molar-refractivity contribution < 1.29 is 9.90 Å². The van der Waals surface area contributed by atoms with Gasteiger partial charge in [-0.2, -0.15) is 0 Å². The molecular formula is C21H33O2. The van der Waals surface area contributed by atoms with Crippen molar-refractivity contribution in [1.29, 1.82) is 0 Å². The van der Waals surface area contributed by atoms with Crippen LogP contribution in [0, 0.1) is 47.3 Å². The molecule has 0 saturated heterocycles. The second kappa shape index (κ2) is 5.31. The van der Waals surface area contributed by atoms with Crippen molar-refractivity contribution >= 4 is 5.78 Å². The molecule has 4 aliphatic carbocycles. The number of Topliss-reactive ketones (excluding diaryl/α,β-unsaturated/α-hetero) is 1. The monoisotopic (exact) mass is 317 g/mol. The fraction of sp³-hybridized carbons (Fsp3) is 0.905. The third-order valence-corrected chi connectivity index (χ3v) is 9.03. The minimum Gasteiger partial charge on any atom is -0.393 e. The van der Waals surface area contributed by atoms with Crippen molar-refractivity contribution in [2.45, 2.75) is 77.7 Å². The van der Waals surface area contributed by atoms with Gasteiger partial charge in [-0.1, -0.05) is 13.8 Å². The van der Waals surface area contributed by atoms with Crippen molar-refractivity contribution in [2.24, 2.45) is 40.4 Å². The summed E-state index contributed by atoms with van der Waals surface area (Å²) < 4.78 is 0. The van der Waals surface area contributed by atoms with Gasteiger partial charge in [0.05, 0.1) is 6.10 Å². The smallest absolute Gasteiger partial charge is 0.136 e. The summed E-state index contributed by atoms with van der Waals surface area (Å²) in [5.41, 5.74) is 0.660. The maximum Gasteiger partial charge on any atom is 0.136 e. The Labute approximate surface area is 141 Å². The Morgan fingerprint density at radius 3 is 2.39 bits per heavy atom. The third-order valence-electron chi connectivity index (χ3n) is 9.03. The lowest BCUT2D eigenvalue weighted by atomic mass is 9.44. The van der Waals surface area contributed by atoms with Gasteiger partial charge in [-0.05, 0) is 92.3 Å². The predicted octanol–water partition coefficient (Wildman–Crippen LogP) is 4.41. The first kappa shape index (κ1) is 16.1. The van der Waals surface area contributed by atoms with Gasteiger partial charge < -0.3 is 5.11 Å². The van der Waals surface area contributed by atoms with E-state index >= 15 is 0 Å². The lowest BCUT2D eigenvalue weighted by Crippen LogP contribution is -2.54. The van der Waals surface area contributed by atoms with E-state index in [1.54, 1.807) is 0 Å². The van der Waals surface area contributed by atoms with Crippen LogP contribution >= 0.6 is 0 Å². The maximum atomic E-state index is 12.1. The number of aliphatic hydroxyl groups excluding tert-OH is 1. The Bertz CT molecular complexity index is 500. The summed E-state index contributed by atoms with van der Waals surface area (Å²) >= 11 is 0. The zero-order chi connectivity index (χ0) is 16.4. The molecule has 0 aromatic heterocycles. The van der Waals surface area contributed by atoms with Crippen LogP contribution in [-0.4, -0.2) is 17.0 Å². The average molecular weight is 317 g/mol. The molecule has 4 rings (SSSR count). The standard InChI is InChI=1S/C21H33O2/c1-13(22)17-6-7-18-16-5-4-14-12-15(23)8-10-20(14,2)19(16)9-11-21(17,18)3/h14-19,23H,1,4-12H2,2-3H3/t14-,15-,16?,17-,18+,19?,20+,21-/m1/s1. The minimum absolute atomic E-state index is 0.0573. The Morgan fingerprint density at radius 2 is 1.65 bits per heavy atom. The highest BCUT2D eigenvalue weighted by Crippen LogP contribution is 2.67. The molecule has 1 radical (unpaired) electrons. The van der Waals surface area contributed by atoms with Crippen LogP contribution in [0.3, 0.4) is 0 Å². The lowest BCUT2D eigenvalue weighted by Gasteiger charge is -2.60. The molecule has 8 atom stereocenters. The minimum atomic E-state index is -0.0573. The number of fused-ring (bicyclic) bond motifs is 5. The predicted molar refractivity (Wildman–Crippen MR) is 91.6 cm³/mol. The fourth-order valence-corrected chi connectivity index (χ4v) is 7.76. The number of hydrogen-bond acceptors (Lipinski definition) is 2. The summed E-state index contributed by atoms with van der Waals surface area (Å²) in [6.07, 6.45) is 10.6. The Hall–Kier alpha value is -0.370. The van der Waals surface area contributed by atoms with Gasteiger partial charge in [0.2, 0.25) is 0 Å². The van der Waals surface area contributed by atoms with Gasteiger partial charge in [-0.15, -0.1) is 0 Å². The van der Waals surface area contributed by atoms with Crippen LogP contribution in [0.1, 0.15) is 71.6 Å². The molecule has 129 valence electrons. The third kappa shape index (κ3) is 2.19. The molecule has 23 heavy (non-hydrogen) atoms. The number of hydrogen-bond donors (Lipinski definition) is 1. The number of rotatable bonds is 1. The highest BCUT2D eigenvalue weighted by Gasteiger charge is 2.60. The van der Waals surface area contributed by atoms with Gasteiger partial charge in [0.1, 0.15) is 5.78 Å². The van der Waals surface area contributed by atoms with Gasteiger partial charge in [-0.3, -0.25) is 4.79 Å². The van der Waals surface area contributed by atoms with E-state index in [9.17, 15) is 9.90 Å². The first-order valence-electron chi connectivity index (χ1n) is 9.90. The van der Waals surface area contributed by atoms with E-state index in [-0.39, 0.29) is 23.2 Å². The first-order chi connectivity index (χ1) is 10.9. The molecule has 2 nitrogen and oxygen atoms in total. The second-order valence-electron chi connectivity index (χ2n) is 9.73. The van der Waals surface area contributed by atoms with Crippen LogP contribution in [0.2, 0.25) is 0 Å². The Kier molecular flexibility index (Phi) is 3.72. The van der Waals surface area contributed by atoms with Crippen LogP contribution in [0.15, 0.2) is 0 Å². The van der Waals surface area contributed by atoms with Crippen molar-refractivity contribution in [2.75, 3.05) is 0 Å². The van der Waals surface area contributed by atoms with Crippen LogP contribution in [0.4, 0.5) is 0 Å². The molecule has 0 bridgehead atoms. The maximum absolute atomic E-state index is 12.1. The van der Waals surface area contributed by atoms with Crippen LogP contribution in [0.5, 0.6) is 0 Å². The Balaban J connectivity index is 1.61. The molecule has 2 unspecified atom stereocenters. The number of carbonyl (C=O) groups excluding carboxylic acids is 1. The van der Waals surface area contributed by atoms with Crippen LogP contribution < -0.4 is 0 Å². The van der Waals surface area contributed by atoms with Crippen molar-refractivity contribution in [3.63, 3.8) is 0 Å². The van der Waals surface area contributed by atoms with E-state index in [1.807, 2.05) is 0 Å². The SMILES string of the molecule is [CH2]C(=O)[C@H]1CC[C@H]2C3CC[C@@H]4C[C@H](O)CC[C@]4(C)C3CC[C@]12C. The molecule has 0 aromatic rings. The van der Waals surface area contributed by atoms with Gasteiger partial charge in [-0.25, -0.2) is 0 Å². The first-order valence-corrected chi connectivity index (χ1v) is 9.90. The van der Waals surface area contributed by atoms with Gasteiger partial charge in [0.25, 0.3) is 0 Å². The van der Waals surface area contributed by atoms with Gasteiger partial charge in [0, 0.05) is 12.8 Å². The lowest BCUT2D eigenvalue weighted by molar-refractivity contribution is -0.137. The van der Waals surface area contributed by atoms with Crippen molar-refractivity contribution in [1.82, 2.24) is 0 Å². The van der Waals surface area contributed by atoms with Gasteiger partial charge in [0.15, 0.2) is 0 Å². The molecule has 2 heteroatoms. The second-order valence-corrected chi connectivity index (χ2v) is 9.73. The van der Waals surface area contributed by atoms with E-state index in [2.05, 4.69) is 20.8 Å². The number of ketones is 1. The zero-order valence-corrected chi connectivity index (χ0v) is 14.9. The largest absolute Gasteiger partial charge is 0.393 e. The molecule has 0 amide bonds. The van der Waals surface area contributed by atoms with E-state index < -0.39 is 0 Å². The molecule has 0 spiro atoms. The number of aliphatic hydroxyl groups is 1. The number of carbonyl (C=O) groups is 1. The van der Waals surface area contributed by atoms with Crippen molar-refractivity contribution in [3.05, 3.63) is 6.92 Å². The fourth-order valence-electron chi connectivity index (χ4n) is 7.76. The summed E-state index contributed by atoms with van der Waals surface area (Å²) in [5, 5.41) is 10.1. The molecule has 0 heterocycles. The zero-order valence-electron chi connectivity index (χ0n) is 14.9. The summed E-state index contributed by atoms with van der Waals surface area (Å²) in [6, 6.07) is 0. The topological polar surface area (TPSA) is 37.3 Å². The molecule has 4 fully saturated rings. The molecule has 1 N–H and O–H groups in total. The normalized spacial score (nSPS) is 55.7.